The van der Waals surface area contributed by atoms with Crippen LogP contribution in [0.15, 0.2) is 24.4 Å². The monoisotopic (exact) mass is 396 g/mol. The van der Waals surface area contributed by atoms with Crippen molar-refractivity contribution in [1.29, 1.82) is 0 Å². The van der Waals surface area contributed by atoms with Crippen LogP contribution in [-0.2, 0) is 16.0 Å². The van der Waals surface area contributed by atoms with Crippen molar-refractivity contribution < 1.29 is 19.4 Å². The number of nitrogens with zero attached hydrogens (tertiary/aromatic N) is 1. The molecule has 27 heavy (non-hydrogen) atoms. The maximum Gasteiger partial charge on any atom is 0.311 e. The van der Waals surface area contributed by atoms with Crippen LogP contribution in [0.4, 0.5) is 0 Å². The summed E-state index contributed by atoms with van der Waals surface area (Å²) >= 11 is 0. The lowest BCUT2D eigenvalue weighted by atomic mass is 10.1. The minimum absolute atomic E-state index is 0. The third kappa shape index (κ3) is 6.26. The van der Waals surface area contributed by atoms with Gasteiger partial charge in [-0.3, -0.25) is 14.5 Å². The number of nitrogens with one attached hydrogen (secondary N) is 1. The molecule has 0 atom stereocenters. The number of halogens is 1. The number of ether oxygens (including phenoxy) is 1. The number of carbonyl (C=O) groups excluding carboxylic acids is 1. The molecule has 1 aromatic heterocycles. The summed E-state index contributed by atoms with van der Waals surface area (Å²) in [5.74, 6) is -1.06. The molecule has 0 radical (unpaired) electrons. The Morgan fingerprint density at radius 1 is 1.15 bits per heavy atom. The number of carboxylic acid groups (broad SMARTS) is 1. The van der Waals surface area contributed by atoms with Crippen LogP contribution in [0.5, 0.6) is 5.75 Å². The van der Waals surface area contributed by atoms with E-state index >= 15 is 0 Å². The van der Waals surface area contributed by atoms with E-state index < -0.39 is 11.9 Å². The molecule has 0 amide bonds. The van der Waals surface area contributed by atoms with Gasteiger partial charge in [-0.15, -0.1) is 12.4 Å². The van der Waals surface area contributed by atoms with Crippen LogP contribution in [-0.4, -0.2) is 45.6 Å². The minimum Gasteiger partial charge on any atom is -0.481 e. The van der Waals surface area contributed by atoms with Crippen molar-refractivity contribution in [3.63, 3.8) is 0 Å². The molecule has 0 spiro atoms. The van der Waals surface area contributed by atoms with Gasteiger partial charge in [-0.25, -0.2) is 0 Å². The zero-order chi connectivity index (χ0) is 19.3. The zero-order valence-electron chi connectivity index (χ0n) is 16.3. The molecular weight excluding hydrogens is 368 g/mol. The number of aromatic amines is 1. The van der Waals surface area contributed by atoms with Crippen LogP contribution >= 0.6 is 12.4 Å². The Morgan fingerprint density at radius 3 is 2.41 bits per heavy atom. The number of aliphatic carboxylic acids is 1. The first kappa shape index (κ1) is 23.0. The standard InChI is InChI=1S/C20H28N2O4.ClH/c1-13(2)22(14(3)4)11-10-15-12-21-16-6-5-7-17(20(15)16)26-19(25)9-8-18(23)24;/h5-7,12-14,21H,8-11H2,1-4H3,(H,23,24);1H. The molecule has 0 saturated carbocycles. The van der Waals surface area contributed by atoms with Gasteiger partial charge >= 0.3 is 11.9 Å². The van der Waals surface area contributed by atoms with E-state index in [1.165, 1.54) is 0 Å². The lowest BCUT2D eigenvalue weighted by Crippen LogP contribution is -2.38. The second-order valence-corrected chi connectivity index (χ2v) is 7.04. The molecule has 2 N–H and O–H groups in total. The molecule has 0 unspecified atom stereocenters. The third-order valence-electron chi connectivity index (χ3n) is 4.48. The molecule has 2 rings (SSSR count). The highest BCUT2D eigenvalue weighted by Crippen LogP contribution is 2.30. The van der Waals surface area contributed by atoms with Crippen LogP contribution in [0.3, 0.4) is 0 Å². The predicted molar refractivity (Wildman–Crippen MR) is 109 cm³/mol. The van der Waals surface area contributed by atoms with Crippen molar-refractivity contribution in [1.82, 2.24) is 9.88 Å². The normalized spacial score (nSPS) is 11.2. The molecular formula is C20H29ClN2O4. The van der Waals surface area contributed by atoms with Crippen molar-refractivity contribution >= 4 is 35.2 Å². The second kappa shape index (κ2) is 10.3. The number of H-pyrrole nitrogens is 1. The average molecular weight is 397 g/mol. The SMILES string of the molecule is CC(C)N(CCc1c[nH]c2cccc(OC(=O)CCC(=O)O)c12)C(C)C.Cl. The fourth-order valence-electron chi connectivity index (χ4n) is 3.25. The number of benzene rings is 1. The van der Waals surface area contributed by atoms with Crippen LogP contribution in [0.2, 0.25) is 0 Å². The van der Waals surface area contributed by atoms with Crippen molar-refractivity contribution in [2.75, 3.05) is 6.54 Å². The number of esters is 1. The molecule has 1 aromatic carbocycles. The molecule has 0 saturated heterocycles. The average Bonchev–Trinajstić information content (AvgIpc) is 2.97. The Morgan fingerprint density at radius 2 is 1.81 bits per heavy atom. The molecule has 0 bridgehead atoms. The number of hydrogen-bond donors (Lipinski definition) is 2. The van der Waals surface area contributed by atoms with Gasteiger partial charge in [0, 0.05) is 35.7 Å². The Hall–Kier alpha value is -2.05. The fourth-order valence-corrected chi connectivity index (χ4v) is 3.25. The maximum atomic E-state index is 11.9. The second-order valence-electron chi connectivity index (χ2n) is 7.04. The van der Waals surface area contributed by atoms with E-state index in [0.717, 1.165) is 29.4 Å². The van der Waals surface area contributed by atoms with Crippen molar-refractivity contribution in [3.05, 3.63) is 30.0 Å². The minimum atomic E-state index is -1.01. The van der Waals surface area contributed by atoms with Gasteiger partial charge in [0.25, 0.3) is 0 Å². The van der Waals surface area contributed by atoms with Crippen LogP contribution in [0.25, 0.3) is 10.9 Å². The molecule has 6 nitrogen and oxygen atoms in total. The van der Waals surface area contributed by atoms with Gasteiger partial charge in [0.15, 0.2) is 0 Å². The van der Waals surface area contributed by atoms with Crippen LogP contribution in [0.1, 0.15) is 46.1 Å². The molecule has 0 fully saturated rings. The van der Waals surface area contributed by atoms with Crippen molar-refractivity contribution in [3.8, 4) is 5.75 Å². The molecule has 150 valence electrons. The highest BCUT2D eigenvalue weighted by Gasteiger charge is 2.17. The van der Waals surface area contributed by atoms with Gasteiger partial charge in [-0.2, -0.15) is 0 Å². The van der Waals surface area contributed by atoms with E-state index in [0.29, 0.717) is 17.8 Å². The van der Waals surface area contributed by atoms with Gasteiger partial charge in [0.05, 0.1) is 12.8 Å². The van der Waals surface area contributed by atoms with Gasteiger partial charge in [-0.05, 0) is 51.8 Å². The summed E-state index contributed by atoms with van der Waals surface area (Å²) < 4.78 is 5.44. The summed E-state index contributed by atoms with van der Waals surface area (Å²) in [6, 6.07) is 6.41. The fraction of sp³-hybridized carbons (Fsp3) is 0.500. The highest BCUT2D eigenvalue weighted by atomic mass is 35.5. The first-order chi connectivity index (χ1) is 12.3. The topological polar surface area (TPSA) is 82.6 Å². The molecule has 1 heterocycles. The number of aromatic nitrogens is 1. The lowest BCUT2D eigenvalue weighted by Gasteiger charge is -2.30. The summed E-state index contributed by atoms with van der Waals surface area (Å²) in [5.41, 5.74) is 2.00. The summed E-state index contributed by atoms with van der Waals surface area (Å²) in [6.07, 6.45) is 2.42. The number of carbonyl (C=O) groups is 2. The van der Waals surface area contributed by atoms with E-state index in [1.54, 1.807) is 6.07 Å². The van der Waals surface area contributed by atoms with E-state index in [1.807, 2.05) is 18.3 Å². The van der Waals surface area contributed by atoms with Crippen molar-refractivity contribution in [2.45, 2.75) is 59.0 Å². The zero-order valence-corrected chi connectivity index (χ0v) is 17.1. The van der Waals surface area contributed by atoms with Crippen LogP contribution < -0.4 is 4.74 Å². The van der Waals surface area contributed by atoms with E-state index in [-0.39, 0.29) is 25.2 Å². The largest absolute Gasteiger partial charge is 0.481 e. The number of rotatable bonds is 9. The van der Waals surface area contributed by atoms with E-state index in [9.17, 15) is 9.59 Å². The Kier molecular flexibility index (Phi) is 8.79. The first-order valence-electron chi connectivity index (χ1n) is 9.06. The van der Waals surface area contributed by atoms with E-state index in [2.05, 4.69) is 37.6 Å². The number of fused-ring (bicyclic) bond motifs is 1. The predicted octanol–water partition coefficient (Wildman–Crippen LogP) is 4.02. The first-order valence-corrected chi connectivity index (χ1v) is 9.06. The van der Waals surface area contributed by atoms with Crippen LogP contribution in [0, 0.1) is 0 Å². The Balaban J connectivity index is 0.00000364. The number of carboxylic acids is 1. The maximum absolute atomic E-state index is 11.9. The third-order valence-corrected chi connectivity index (χ3v) is 4.48. The summed E-state index contributed by atoms with van der Waals surface area (Å²) in [7, 11) is 0. The van der Waals surface area contributed by atoms with Gasteiger partial charge < -0.3 is 14.8 Å². The molecule has 0 aliphatic heterocycles. The molecule has 0 aliphatic carbocycles. The molecule has 7 heteroatoms. The van der Waals surface area contributed by atoms with E-state index in [4.69, 9.17) is 9.84 Å². The molecule has 0 aliphatic rings. The lowest BCUT2D eigenvalue weighted by molar-refractivity contribution is -0.142. The summed E-state index contributed by atoms with van der Waals surface area (Å²) in [6.45, 7) is 9.65. The summed E-state index contributed by atoms with van der Waals surface area (Å²) in [4.78, 5) is 28.2. The van der Waals surface area contributed by atoms with Gasteiger partial charge in [-0.1, -0.05) is 6.07 Å². The molecule has 2 aromatic rings. The number of hydrogen-bond acceptors (Lipinski definition) is 4. The smallest absolute Gasteiger partial charge is 0.311 e. The van der Waals surface area contributed by atoms with Crippen molar-refractivity contribution in [2.24, 2.45) is 0 Å². The quantitative estimate of drug-likeness (QED) is 0.494. The van der Waals surface area contributed by atoms with Gasteiger partial charge in [0.1, 0.15) is 5.75 Å². The highest BCUT2D eigenvalue weighted by molar-refractivity contribution is 5.91. The summed E-state index contributed by atoms with van der Waals surface area (Å²) in [5, 5.41) is 9.60. The Labute approximate surface area is 166 Å². The van der Waals surface area contributed by atoms with Gasteiger partial charge in [0.2, 0.25) is 0 Å². The Bertz CT molecular complexity index is 762.